The van der Waals surface area contributed by atoms with Crippen LogP contribution in [-0.2, 0) is 0 Å². The lowest BCUT2D eigenvalue weighted by Crippen LogP contribution is -2.24. The fourth-order valence-corrected chi connectivity index (χ4v) is 3.73. The van der Waals surface area contributed by atoms with Crippen LogP contribution in [-0.4, -0.2) is 0 Å². The third-order valence-electron chi connectivity index (χ3n) is 5.27. The minimum atomic E-state index is 0.403. The van der Waals surface area contributed by atoms with Gasteiger partial charge in [0.25, 0.3) is 0 Å². The molecule has 0 saturated carbocycles. The van der Waals surface area contributed by atoms with Gasteiger partial charge in [-0.1, -0.05) is 48.5 Å². The summed E-state index contributed by atoms with van der Waals surface area (Å²) in [6, 6.07) is 0. The van der Waals surface area contributed by atoms with E-state index < -0.39 is 0 Å². The molecule has 0 heteroatoms. The van der Waals surface area contributed by atoms with Gasteiger partial charge in [-0.25, -0.2) is 0 Å². The van der Waals surface area contributed by atoms with E-state index in [4.69, 9.17) is 0 Å². The fourth-order valence-electron chi connectivity index (χ4n) is 3.73. The van der Waals surface area contributed by atoms with Crippen molar-refractivity contribution in [3.63, 3.8) is 0 Å². The fraction of sp³-hybridized carbons (Fsp3) is 0.600. The molecule has 20 heavy (non-hydrogen) atoms. The molecule has 0 unspecified atom stereocenters. The van der Waals surface area contributed by atoms with Gasteiger partial charge in [-0.15, -0.1) is 0 Å². The summed E-state index contributed by atoms with van der Waals surface area (Å²) >= 11 is 0. The Balaban J connectivity index is 2.28. The SMILES string of the molecule is C=C(C)C1=CC[C@]2(C)CC=C(C)CCC=C(C)CC[C@@H]12. The Morgan fingerprint density at radius 3 is 2.45 bits per heavy atom. The van der Waals surface area contributed by atoms with Gasteiger partial charge in [-0.2, -0.15) is 0 Å². The topological polar surface area (TPSA) is 0 Å². The Labute approximate surface area is 125 Å². The maximum absolute atomic E-state index is 4.21. The van der Waals surface area contributed by atoms with Gasteiger partial charge in [0.1, 0.15) is 0 Å². The monoisotopic (exact) mass is 270 g/mol. The molecule has 0 bridgehead atoms. The smallest absolute Gasteiger partial charge is 0.00998 e. The zero-order chi connectivity index (χ0) is 14.8. The molecule has 0 aromatic rings. The molecular weight excluding hydrogens is 240 g/mol. The van der Waals surface area contributed by atoms with E-state index >= 15 is 0 Å². The summed E-state index contributed by atoms with van der Waals surface area (Å²) in [6.45, 7) is 13.5. The lowest BCUT2D eigenvalue weighted by molar-refractivity contribution is 0.235. The van der Waals surface area contributed by atoms with E-state index in [1.165, 1.54) is 49.7 Å². The van der Waals surface area contributed by atoms with Crippen molar-refractivity contribution in [2.24, 2.45) is 11.3 Å². The molecule has 2 atom stereocenters. The Kier molecular flexibility index (Phi) is 4.73. The van der Waals surface area contributed by atoms with E-state index in [0.717, 1.165) is 0 Å². The van der Waals surface area contributed by atoms with Crippen molar-refractivity contribution in [1.82, 2.24) is 0 Å². The summed E-state index contributed by atoms with van der Waals surface area (Å²) < 4.78 is 0. The number of hydrogen-bond donors (Lipinski definition) is 0. The third-order valence-corrected chi connectivity index (χ3v) is 5.27. The molecule has 2 aliphatic rings. The van der Waals surface area contributed by atoms with Crippen LogP contribution in [0, 0.1) is 11.3 Å². The van der Waals surface area contributed by atoms with Gasteiger partial charge < -0.3 is 0 Å². The Morgan fingerprint density at radius 1 is 1.10 bits per heavy atom. The van der Waals surface area contributed by atoms with E-state index in [1.807, 2.05) is 0 Å². The van der Waals surface area contributed by atoms with Crippen molar-refractivity contribution in [3.8, 4) is 0 Å². The number of rotatable bonds is 1. The first-order chi connectivity index (χ1) is 9.42. The van der Waals surface area contributed by atoms with Gasteiger partial charge in [-0.05, 0) is 76.2 Å². The van der Waals surface area contributed by atoms with E-state index in [1.54, 1.807) is 11.1 Å². The highest BCUT2D eigenvalue weighted by molar-refractivity contribution is 5.35. The molecule has 0 amide bonds. The molecule has 0 spiro atoms. The number of allylic oxidation sites excluding steroid dienone is 7. The van der Waals surface area contributed by atoms with Crippen LogP contribution in [0.3, 0.4) is 0 Å². The zero-order valence-corrected chi connectivity index (χ0v) is 13.8. The van der Waals surface area contributed by atoms with Crippen LogP contribution >= 0.6 is 0 Å². The van der Waals surface area contributed by atoms with Crippen LogP contribution < -0.4 is 0 Å². The highest BCUT2D eigenvalue weighted by Crippen LogP contribution is 2.50. The van der Waals surface area contributed by atoms with E-state index in [0.29, 0.717) is 11.3 Å². The molecule has 0 heterocycles. The molecule has 0 aliphatic heterocycles. The molecule has 2 aliphatic carbocycles. The molecule has 0 radical (unpaired) electrons. The molecule has 0 aromatic heterocycles. The van der Waals surface area contributed by atoms with Gasteiger partial charge >= 0.3 is 0 Å². The molecule has 0 N–H and O–H groups in total. The first kappa shape index (κ1) is 15.4. The van der Waals surface area contributed by atoms with Crippen molar-refractivity contribution in [1.29, 1.82) is 0 Å². The molecule has 110 valence electrons. The van der Waals surface area contributed by atoms with Crippen molar-refractivity contribution < 1.29 is 0 Å². The summed E-state index contributed by atoms with van der Waals surface area (Å²) in [5, 5.41) is 0. The minimum absolute atomic E-state index is 0.403. The highest BCUT2D eigenvalue weighted by atomic mass is 14.4. The predicted molar refractivity (Wildman–Crippen MR) is 89.7 cm³/mol. The van der Waals surface area contributed by atoms with Crippen LogP contribution in [0.1, 0.15) is 66.2 Å². The minimum Gasteiger partial charge on any atom is -0.0958 e. The first-order valence-electron chi connectivity index (χ1n) is 8.09. The van der Waals surface area contributed by atoms with E-state index in [2.05, 4.69) is 52.5 Å². The second-order valence-corrected chi connectivity index (χ2v) is 7.23. The van der Waals surface area contributed by atoms with Crippen molar-refractivity contribution in [3.05, 3.63) is 47.1 Å². The van der Waals surface area contributed by atoms with Crippen LogP contribution in [0.4, 0.5) is 0 Å². The number of fused-ring (bicyclic) bond motifs is 1. The second-order valence-electron chi connectivity index (χ2n) is 7.23. The summed E-state index contributed by atoms with van der Waals surface area (Å²) in [7, 11) is 0. The van der Waals surface area contributed by atoms with Gasteiger partial charge in [0.2, 0.25) is 0 Å². The molecule has 0 saturated heterocycles. The summed E-state index contributed by atoms with van der Waals surface area (Å²) in [5.74, 6) is 0.686. The quantitative estimate of drug-likeness (QED) is 0.485. The van der Waals surface area contributed by atoms with Crippen LogP contribution in [0.25, 0.3) is 0 Å². The highest BCUT2D eigenvalue weighted by Gasteiger charge is 2.39. The maximum Gasteiger partial charge on any atom is -0.00998 e. The summed E-state index contributed by atoms with van der Waals surface area (Å²) in [4.78, 5) is 0. The zero-order valence-electron chi connectivity index (χ0n) is 13.8. The number of hydrogen-bond acceptors (Lipinski definition) is 0. The first-order valence-corrected chi connectivity index (χ1v) is 8.09. The Morgan fingerprint density at radius 2 is 1.75 bits per heavy atom. The Bertz CT molecular complexity index is 472. The van der Waals surface area contributed by atoms with E-state index in [9.17, 15) is 0 Å². The van der Waals surface area contributed by atoms with Crippen LogP contribution in [0.15, 0.2) is 47.1 Å². The van der Waals surface area contributed by atoms with Crippen molar-refractivity contribution >= 4 is 0 Å². The van der Waals surface area contributed by atoms with Gasteiger partial charge in [0.15, 0.2) is 0 Å². The van der Waals surface area contributed by atoms with Crippen LogP contribution in [0.2, 0.25) is 0 Å². The maximum atomic E-state index is 4.21. The average molecular weight is 270 g/mol. The van der Waals surface area contributed by atoms with Gasteiger partial charge in [0, 0.05) is 0 Å². The lowest BCUT2D eigenvalue weighted by Gasteiger charge is -2.33. The predicted octanol–water partition coefficient (Wildman–Crippen LogP) is 6.37. The standard InChI is InChI=1S/C20H30/c1-15(2)18-12-14-20(5)13-11-17(4)8-6-7-16(3)9-10-19(18)20/h7,11-12,19H,1,6,8-10,13-14H2,2-5H3/t19-,20-/m0/s1. The third kappa shape index (κ3) is 3.34. The molecule has 0 aromatic carbocycles. The van der Waals surface area contributed by atoms with Crippen molar-refractivity contribution in [2.45, 2.75) is 66.2 Å². The van der Waals surface area contributed by atoms with Gasteiger partial charge in [-0.3, -0.25) is 0 Å². The molecule has 0 fully saturated rings. The van der Waals surface area contributed by atoms with Gasteiger partial charge in [0.05, 0.1) is 0 Å². The summed E-state index contributed by atoms with van der Waals surface area (Å²) in [5.41, 5.74) is 6.33. The summed E-state index contributed by atoms with van der Waals surface area (Å²) in [6.07, 6.45) is 14.8. The van der Waals surface area contributed by atoms with Crippen LogP contribution in [0.5, 0.6) is 0 Å². The van der Waals surface area contributed by atoms with Crippen molar-refractivity contribution in [2.75, 3.05) is 0 Å². The Hall–Kier alpha value is -1.04. The van der Waals surface area contributed by atoms with E-state index in [-0.39, 0.29) is 0 Å². The molecular formula is C20H30. The average Bonchev–Trinajstić information content (AvgIpc) is 2.70. The largest absolute Gasteiger partial charge is 0.0958 e. The molecule has 0 nitrogen and oxygen atoms in total. The normalized spacial score (nSPS) is 31.6. The molecule has 2 rings (SSSR count). The lowest BCUT2D eigenvalue weighted by atomic mass is 9.71. The second kappa shape index (κ2) is 6.16.